The number of H-pyrrole nitrogens is 1. The summed E-state index contributed by atoms with van der Waals surface area (Å²) in [5.41, 5.74) is 0.710. The molecule has 2 heterocycles. The van der Waals surface area contributed by atoms with Crippen LogP contribution in [0.25, 0.3) is 0 Å². The van der Waals surface area contributed by atoms with Gasteiger partial charge in [-0.15, -0.1) is 0 Å². The molecule has 1 atom stereocenters. The summed E-state index contributed by atoms with van der Waals surface area (Å²) in [7, 11) is 0. The number of rotatable bonds is 6. The van der Waals surface area contributed by atoms with Gasteiger partial charge in [-0.3, -0.25) is 4.99 Å². The normalized spacial score (nSPS) is 33.7. The molecule has 0 spiro atoms. The van der Waals surface area contributed by atoms with Crippen LogP contribution in [-0.4, -0.2) is 45.6 Å². The van der Waals surface area contributed by atoms with E-state index in [1.807, 2.05) is 0 Å². The number of aliphatic imine (C=N–C) groups is 1. The third-order valence-corrected chi connectivity index (χ3v) is 6.77. The summed E-state index contributed by atoms with van der Waals surface area (Å²) in [4.78, 5) is 13.4. The Morgan fingerprint density at radius 2 is 1.88 bits per heavy atom. The lowest BCUT2D eigenvalue weighted by molar-refractivity contribution is -0.0678. The average Bonchev–Trinajstić information content (AvgIpc) is 3.12. The molecule has 1 aliphatic heterocycles. The van der Waals surface area contributed by atoms with E-state index in [1.54, 1.807) is 0 Å². The van der Waals surface area contributed by atoms with Gasteiger partial charge >= 0.3 is 0 Å². The Balaban J connectivity index is 1.65. The number of fused-ring (bicyclic) bond motifs is 3. The Labute approximate surface area is 156 Å². The van der Waals surface area contributed by atoms with Crippen LogP contribution in [0, 0.1) is 0 Å². The fourth-order valence-electron chi connectivity index (χ4n) is 4.79. The van der Waals surface area contributed by atoms with E-state index in [1.165, 1.54) is 0 Å². The summed E-state index contributed by atoms with van der Waals surface area (Å²) >= 11 is 0. The predicted molar refractivity (Wildman–Crippen MR) is 105 cm³/mol. The summed E-state index contributed by atoms with van der Waals surface area (Å²) in [6, 6.07) is 0.491. The molecule has 6 nitrogen and oxygen atoms in total. The minimum atomic E-state index is -0.413. The Bertz CT molecular complexity index is 655. The van der Waals surface area contributed by atoms with Gasteiger partial charge in [0, 0.05) is 24.5 Å². The molecule has 26 heavy (non-hydrogen) atoms. The lowest BCUT2D eigenvalue weighted by atomic mass is 9.58. The summed E-state index contributed by atoms with van der Waals surface area (Å²) in [6.07, 6.45) is 9.07. The van der Waals surface area contributed by atoms with E-state index in [4.69, 9.17) is 9.98 Å². The third kappa shape index (κ3) is 3.13. The molecular weight excluding hydrogens is 326 g/mol. The molecule has 3 aliphatic carbocycles. The van der Waals surface area contributed by atoms with Crippen LogP contribution >= 0.6 is 0 Å². The van der Waals surface area contributed by atoms with Crippen LogP contribution in [-0.2, 0) is 5.41 Å². The number of anilines is 1. The van der Waals surface area contributed by atoms with Crippen molar-refractivity contribution in [3.05, 3.63) is 11.5 Å². The van der Waals surface area contributed by atoms with E-state index in [2.05, 4.69) is 29.5 Å². The zero-order valence-corrected chi connectivity index (χ0v) is 16.2. The van der Waals surface area contributed by atoms with Gasteiger partial charge in [-0.05, 0) is 57.8 Å². The lowest BCUT2D eigenvalue weighted by Crippen LogP contribution is -2.48. The first-order valence-corrected chi connectivity index (χ1v) is 10.5. The standard InChI is InChI=1S/C20H33N5O/c1-3-12-21-17-15(16-22-13-5-14(4-2)23-16)24-18(25-17)19-6-9-20(26,10-7-19)11-8-19/h14,21,26H,3-13H2,1-2H3,(H,22,23)(H,24,25)/t14-,19?,20?/m1/s1. The molecule has 0 aromatic carbocycles. The smallest absolute Gasteiger partial charge is 0.155 e. The second kappa shape index (κ2) is 6.87. The fourth-order valence-corrected chi connectivity index (χ4v) is 4.79. The van der Waals surface area contributed by atoms with Crippen molar-refractivity contribution in [1.82, 2.24) is 15.3 Å². The quantitative estimate of drug-likeness (QED) is 0.629. The third-order valence-electron chi connectivity index (χ3n) is 6.77. The monoisotopic (exact) mass is 359 g/mol. The number of nitrogens with one attached hydrogen (secondary N) is 3. The maximum absolute atomic E-state index is 10.5. The van der Waals surface area contributed by atoms with Crippen molar-refractivity contribution in [2.45, 2.75) is 88.7 Å². The van der Waals surface area contributed by atoms with Crippen LogP contribution in [0.15, 0.2) is 4.99 Å². The van der Waals surface area contributed by atoms with E-state index in [-0.39, 0.29) is 5.41 Å². The van der Waals surface area contributed by atoms with Crippen molar-refractivity contribution >= 4 is 11.7 Å². The summed E-state index contributed by atoms with van der Waals surface area (Å²) in [5, 5.41) is 17.6. The van der Waals surface area contributed by atoms with E-state index < -0.39 is 5.60 Å². The zero-order valence-electron chi connectivity index (χ0n) is 16.2. The molecule has 3 saturated carbocycles. The highest BCUT2D eigenvalue weighted by Crippen LogP contribution is 2.53. The minimum absolute atomic E-state index is 0.102. The van der Waals surface area contributed by atoms with Gasteiger partial charge in [-0.2, -0.15) is 0 Å². The van der Waals surface area contributed by atoms with E-state index in [0.29, 0.717) is 6.04 Å². The van der Waals surface area contributed by atoms with Crippen molar-refractivity contribution in [2.75, 3.05) is 18.4 Å². The molecular formula is C20H33N5O. The van der Waals surface area contributed by atoms with Crippen LogP contribution in [0.1, 0.15) is 83.2 Å². The molecule has 0 unspecified atom stereocenters. The number of hydrogen-bond donors (Lipinski definition) is 4. The van der Waals surface area contributed by atoms with Gasteiger partial charge in [0.2, 0.25) is 0 Å². The Morgan fingerprint density at radius 1 is 1.15 bits per heavy atom. The molecule has 0 amide bonds. The van der Waals surface area contributed by atoms with Gasteiger partial charge in [0.1, 0.15) is 17.4 Å². The van der Waals surface area contributed by atoms with Crippen molar-refractivity contribution in [1.29, 1.82) is 0 Å². The summed E-state index contributed by atoms with van der Waals surface area (Å²) < 4.78 is 0. The molecule has 3 fully saturated rings. The van der Waals surface area contributed by atoms with Crippen molar-refractivity contribution in [2.24, 2.45) is 4.99 Å². The molecule has 0 radical (unpaired) electrons. The van der Waals surface area contributed by atoms with Crippen LogP contribution in [0.2, 0.25) is 0 Å². The number of amidine groups is 1. The number of hydrogen-bond acceptors (Lipinski definition) is 5. The predicted octanol–water partition coefficient (Wildman–Crippen LogP) is 3.09. The average molecular weight is 360 g/mol. The molecule has 6 heteroatoms. The van der Waals surface area contributed by atoms with Crippen molar-refractivity contribution in [3.8, 4) is 0 Å². The number of imidazole rings is 1. The highest BCUT2D eigenvalue weighted by molar-refractivity contribution is 6.01. The minimum Gasteiger partial charge on any atom is -0.390 e. The van der Waals surface area contributed by atoms with Gasteiger partial charge in [-0.25, -0.2) is 4.98 Å². The van der Waals surface area contributed by atoms with Gasteiger partial charge in [0.25, 0.3) is 0 Å². The van der Waals surface area contributed by atoms with E-state index in [0.717, 1.165) is 94.0 Å². The molecule has 4 aliphatic rings. The second-order valence-corrected chi connectivity index (χ2v) is 8.51. The molecule has 2 bridgehead atoms. The first-order chi connectivity index (χ1) is 12.6. The highest BCUT2D eigenvalue weighted by Gasteiger charge is 2.50. The molecule has 0 saturated heterocycles. The Hall–Kier alpha value is -1.56. The number of nitrogens with zero attached hydrogens (tertiary/aromatic N) is 2. The van der Waals surface area contributed by atoms with Gasteiger partial charge in [0.05, 0.1) is 5.60 Å². The Kier molecular flexibility index (Phi) is 4.71. The molecule has 1 aromatic rings. The maximum Gasteiger partial charge on any atom is 0.155 e. The lowest BCUT2D eigenvalue weighted by Gasteiger charge is -2.49. The first-order valence-electron chi connectivity index (χ1n) is 10.5. The fraction of sp³-hybridized carbons (Fsp3) is 0.800. The molecule has 5 rings (SSSR count). The molecule has 4 N–H and O–H groups in total. The highest BCUT2D eigenvalue weighted by atomic mass is 16.3. The van der Waals surface area contributed by atoms with Crippen LogP contribution in [0.3, 0.4) is 0 Å². The van der Waals surface area contributed by atoms with Gasteiger partial charge < -0.3 is 20.7 Å². The SMILES string of the molecule is CCCNc1nc(C23CCC(O)(CC2)CC3)[nH]c1C1=NCC[C@@H](CC)N1. The molecule has 1 aromatic heterocycles. The van der Waals surface area contributed by atoms with E-state index >= 15 is 0 Å². The summed E-state index contributed by atoms with van der Waals surface area (Å²) in [5.74, 6) is 2.99. The topological polar surface area (TPSA) is 85.3 Å². The Morgan fingerprint density at radius 3 is 2.54 bits per heavy atom. The number of aliphatic hydroxyl groups is 1. The van der Waals surface area contributed by atoms with Crippen molar-refractivity contribution < 1.29 is 5.11 Å². The summed E-state index contributed by atoms with van der Waals surface area (Å²) in [6.45, 7) is 6.18. The van der Waals surface area contributed by atoms with Gasteiger partial charge in [0.15, 0.2) is 5.82 Å². The van der Waals surface area contributed by atoms with Crippen molar-refractivity contribution in [3.63, 3.8) is 0 Å². The second-order valence-electron chi connectivity index (χ2n) is 8.51. The van der Waals surface area contributed by atoms with Gasteiger partial charge in [-0.1, -0.05) is 13.8 Å². The van der Waals surface area contributed by atoms with Crippen LogP contribution in [0.4, 0.5) is 5.82 Å². The van der Waals surface area contributed by atoms with Crippen LogP contribution < -0.4 is 10.6 Å². The molecule has 144 valence electrons. The first kappa shape index (κ1) is 17.8. The van der Waals surface area contributed by atoms with Crippen LogP contribution in [0.5, 0.6) is 0 Å². The number of aromatic amines is 1. The number of aromatic nitrogens is 2. The zero-order chi connectivity index (χ0) is 18.2. The largest absolute Gasteiger partial charge is 0.390 e. The maximum atomic E-state index is 10.5. The van der Waals surface area contributed by atoms with E-state index in [9.17, 15) is 5.11 Å².